The third kappa shape index (κ3) is 6.19. The number of nitrogens with two attached hydrogens (primary N) is 1. The summed E-state index contributed by atoms with van der Waals surface area (Å²) in [5.74, 6) is 0.576. The van der Waals surface area contributed by atoms with E-state index in [1.54, 1.807) is 14.1 Å². The maximum Gasteiger partial charge on any atom is 0.217 e. The van der Waals surface area contributed by atoms with Crippen LogP contribution in [0.2, 0.25) is 0 Å². The molecule has 1 rings (SSSR count). The zero-order valence-corrected chi connectivity index (χ0v) is 13.4. The summed E-state index contributed by atoms with van der Waals surface area (Å²) < 4.78 is 24.6. The third-order valence-corrected chi connectivity index (χ3v) is 5.86. The number of carbonyl (C=O) groups excluding carboxylic acids is 1. The average molecular weight is 305 g/mol. The maximum absolute atomic E-state index is 11.6. The zero-order valence-electron chi connectivity index (χ0n) is 12.5. The van der Waals surface area contributed by atoms with Crippen molar-refractivity contribution in [3.05, 3.63) is 0 Å². The van der Waals surface area contributed by atoms with Gasteiger partial charge in [-0.25, -0.2) is 12.7 Å². The molecule has 0 aromatic carbocycles. The molecule has 0 atom stereocenters. The number of amides is 1. The molecule has 0 bridgehead atoms. The third-order valence-electron chi connectivity index (χ3n) is 3.94. The van der Waals surface area contributed by atoms with Crippen molar-refractivity contribution in [2.45, 2.75) is 32.1 Å². The van der Waals surface area contributed by atoms with Gasteiger partial charge < -0.3 is 10.6 Å². The van der Waals surface area contributed by atoms with Crippen LogP contribution in [0.4, 0.5) is 0 Å². The van der Waals surface area contributed by atoms with E-state index in [1.807, 2.05) is 0 Å². The summed E-state index contributed by atoms with van der Waals surface area (Å²) in [6, 6.07) is 0. The summed E-state index contributed by atoms with van der Waals surface area (Å²) in [4.78, 5) is 13.1. The Morgan fingerprint density at radius 1 is 1.30 bits per heavy atom. The number of likely N-dealkylation sites (tertiary alicyclic amines) is 1. The first-order valence-electron chi connectivity index (χ1n) is 7.22. The minimum atomic E-state index is -3.07. The molecule has 1 aliphatic heterocycles. The molecule has 0 saturated carbocycles. The predicted molar refractivity (Wildman–Crippen MR) is 79.7 cm³/mol. The molecule has 20 heavy (non-hydrogen) atoms. The van der Waals surface area contributed by atoms with Crippen molar-refractivity contribution >= 4 is 15.9 Å². The van der Waals surface area contributed by atoms with E-state index in [0.717, 1.165) is 38.9 Å². The minimum absolute atomic E-state index is 0.210. The lowest BCUT2D eigenvalue weighted by Gasteiger charge is -2.31. The Labute approximate surface area is 122 Å². The second-order valence-electron chi connectivity index (χ2n) is 5.74. The van der Waals surface area contributed by atoms with Crippen LogP contribution >= 0.6 is 0 Å². The van der Waals surface area contributed by atoms with Crippen molar-refractivity contribution in [1.82, 2.24) is 9.21 Å². The van der Waals surface area contributed by atoms with Crippen LogP contribution in [0.5, 0.6) is 0 Å². The summed E-state index contributed by atoms with van der Waals surface area (Å²) in [5, 5.41) is 0. The molecule has 0 unspecified atom stereocenters. The molecule has 0 aromatic heterocycles. The fraction of sp³-hybridized carbons (Fsp3) is 0.923. The van der Waals surface area contributed by atoms with Gasteiger partial charge in [-0.2, -0.15) is 0 Å². The molecule has 0 aliphatic carbocycles. The molecule has 118 valence electrons. The number of rotatable bonds is 8. The second kappa shape index (κ2) is 7.95. The number of hydrogen-bond acceptors (Lipinski definition) is 4. The number of piperidine rings is 1. The van der Waals surface area contributed by atoms with E-state index >= 15 is 0 Å². The van der Waals surface area contributed by atoms with Crippen LogP contribution in [0.1, 0.15) is 32.1 Å². The summed E-state index contributed by atoms with van der Waals surface area (Å²) >= 11 is 0. The lowest BCUT2D eigenvalue weighted by molar-refractivity contribution is -0.118. The summed E-state index contributed by atoms with van der Waals surface area (Å²) in [5.41, 5.74) is 5.16. The Morgan fingerprint density at radius 3 is 2.40 bits per heavy atom. The molecular weight excluding hydrogens is 278 g/mol. The van der Waals surface area contributed by atoms with Crippen molar-refractivity contribution in [2.24, 2.45) is 11.7 Å². The van der Waals surface area contributed by atoms with E-state index in [4.69, 9.17) is 5.73 Å². The van der Waals surface area contributed by atoms with Crippen LogP contribution in [-0.2, 0) is 14.8 Å². The molecule has 0 spiro atoms. The first kappa shape index (κ1) is 17.4. The zero-order chi connectivity index (χ0) is 15.2. The van der Waals surface area contributed by atoms with Gasteiger partial charge in [0.2, 0.25) is 15.9 Å². The standard InChI is InChI=1S/C13H27N3O3S/c1-15(2)20(18,19)11-3-8-16-9-6-12(7-10-16)4-5-13(14)17/h12H,3-11H2,1-2H3,(H2,14,17). The maximum atomic E-state index is 11.6. The minimum Gasteiger partial charge on any atom is -0.370 e. The fourth-order valence-electron chi connectivity index (χ4n) is 2.50. The number of hydrogen-bond donors (Lipinski definition) is 1. The average Bonchev–Trinajstić information content (AvgIpc) is 2.37. The highest BCUT2D eigenvalue weighted by Crippen LogP contribution is 2.21. The van der Waals surface area contributed by atoms with Crippen molar-refractivity contribution in [1.29, 1.82) is 0 Å². The van der Waals surface area contributed by atoms with Gasteiger partial charge in [-0.1, -0.05) is 0 Å². The highest BCUT2D eigenvalue weighted by atomic mass is 32.2. The van der Waals surface area contributed by atoms with Gasteiger partial charge in [0, 0.05) is 20.5 Å². The largest absolute Gasteiger partial charge is 0.370 e. The first-order chi connectivity index (χ1) is 9.31. The van der Waals surface area contributed by atoms with Gasteiger partial charge in [-0.05, 0) is 51.2 Å². The van der Waals surface area contributed by atoms with Gasteiger partial charge in [0.25, 0.3) is 0 Å². The molecule has 6 nitrogen and oxygen atoms in total. The van der Waals surface area contributed by atoms with E-state index in [-0.39, 0.29) is 11.7 Å². The van der Waals surface area contributed by atoms with Crippen molar-refractivity contribution in [3.63, 3.8) is 0 Å². The molecule has 1 aliphatic rings. The molecule has 1 amide bonds. The Hall–Kier alpha value is -0.660. The Balaban J connectivity index is 2.18. The van der Waals surface area contributed by atoms with Crippen LogP contribution in [0.3, 0.4) is 0 Å². The van der Waals surface area contributed by atoms with Crippen LogP contribution in [-0.4, -0.2) is 63.0 Å². The number of sulfonamides is 1. The van der Waals surface area contributed by atoms with Crippen LogP contribution in [0.25, 0.3) is 0 Å². The number of nitrogens with zero attached hydrogens (tertiary/aromatic N) is 2. The quantitative estimate of drug-likeness (QED) is 0.696. The molecule has 1 heterocycles. The summed E-state index contributed by atoms with van der Waals surface area (Å²) in [6.07, 6.45) is 4.19. The Kier molecular flexibility index (Phi) is 6.91. The van der Waals surface area contributed by atoms with Crippen LogP contribution in [0.15, 0.2) is 0 Å². The second-order valence-corrected chi connectivity index (χ2v) is 8.04. The normalized spacial score (nSPS) is 18.6. The van der Waals surface area contributed by atoms with Crippen molar-refractivity contribution in [3.8, 4) is 0 Å². The molecule has 0 radical (unpaired) electrons. The molecule has 0 aromatic rings. The summed E-state index contributed by atoms with van der Waals surface area (Å²) in [7, 11) is 0.0654. The van der Waals surface area contributed by atoms with E-state index in [2.05, 4.69) is 4.90 Å². The van der Waals surface area contributed by atoms with E-state index in [0.29, 0.717) is 18.8 Å². The highest BCUT2D eigenvalue weighted by molar-refractivity contribution is 7.89. The van der Waals surface area contributed by atoms with Gasteiger partial charge in [0.05, 0.1) is 5.75 Å². The number of primary amides is 1. The Morgan fingerprint density at radius 2 is 1.90 bits per heavy atom. The predicted octanol–water partition coefficient (Wildman–Crippen LogP) is 0.245. The molecule has 1 fully saturated rings. The van der Waals surface area contributed by atoms with Gasteiger partial charge >= 0.3 is 0 Å². The molecule has 1 saturated heterocycles. The van der Waals surface area contributed by atoms with Gasteiger partial charge in [0.1, 0.15) is 0 Å². The fourth-order valence-corrected chi connectivity index (χ4v) is 3.36. The highest BCUT2D eigenvalue weighted by Gasteiger charge is 2.20. The van der Waals surface area contributed by atoms with Gasteiger partial charge in [0.15, 0.2) is 0 Å². The monoisotopic (exact) mass is 305 g/mol. The van der Waals surface area contributed by atoms with Gasteiger partial charge in [-0.3, -0.25) is 4.79 Å². The summed E-state index contributed by atoms with van der Waals surface area (Å²) in [6.45, 7) is 2.81. The molecule has 7 heteroatoms. The van der Waals surface area contributed by atoms with E-state index in [1.165, 1.54) is 4.31 Å². The van der Waals surface area contributed by atoms with Crippen LogP contribution < -0.4 is 5.73 Å². The van der Waals surface area contributed by atoms with Gasteiger partial charge in [-0.15, -0.1) is 0 Å². The van der Waals surface area contributed by atoms with E-state index in [9.17, 15) is 13.2 Å². The van der Waals surface area contributed by atoms with E-state index < -0.39 is 10.0 Å². The van der Waals surface area contributed by atoms with Crippen molar-refractivity contribution in [2.75, 3.05) is 39.5 Å². The lowest BCUT2D eigenvalue weighted by atomic mass is 9.92. The topological polar surface area (TPSA) is 83.7 Å². The molecular formula is C13H27N3O3S. The smallest absolute Gasteiger partial charge is 0.217 e. The number of carbonyl (C=O) groups is 1. The first-order valence-corrected chi connectivity index (χ1v) is 8.83. The SMILES string of the molecule is CN(C)S(=O)(=O)CCCN1CCC(CCC(N)=O)CC1. The van der Waals surface area contributed by atoms with Crippen molar-refractivity contribution < 1.29 is 13.2 Å². The van der Waals surface area contributed by atoms with Crippen LogP contribution in [0, 0.1) is 5.92 Å². The Bertz CT molecular complexity index is 401. The molecule has 2 N–H and O–H groups in total. The lowest BCUT2D eigenvalue weighted by Crippen LogP contribution is -2.36.